The Balaban J connectivity index is 0.00000222. The van der Waals surface area contributed by atoms with Gasteiger partial charge in [0.1, 0.15) is 30.5 Å². The third kappa shape index (κ3) is 7.97. The number of amides is 1. The van der Waals surface area contributed by atoms with Crippen LogP contribution in [0.1, 0.15) is 33.1 Å². The number of fused-ring (bicyclic) bond motifs is 1. The maximum absolute atomic E-state index is 13.4. The molecule has 0 aliphatic heterocycles. The second-order valence-corrected chi connectivity index (χ2v) is 7.42. The predicted octanol–water partition coefficient (Wildman–Crippen LogP) is 3.63. The summed E-state index contributed by atoms with van der Waals surface area (Å²) in [4.78, 5) is 51.9. The molecule has 0 aliphatic carbocycles. The highest BCUT2D eigenvalue weighted by molar-refractivity contribution is 5.90. The molecule has 0 radical (unpaired) electrons. The van der Waals surface area contributed by atoms with Crippen molar-refractivity contribution in [2.45, 2.75) is 45.7 Å². The van der Waals surface area contributed by atoms with Crippen LogP contribution < -0.4 is 15.6 Å². The van der Waals surface area contributed by atoms with Gasteiger partial charge in [-0.2, -0.15) is 0 Å². The summed E-state index contributed by atoms with van der Waals surface area (Å²) in [7, 11) is 0. The minimum atomic E-state index is -1.32. The van der Waals surface area contributed by atoms with Crippen molar-refractivity contribution in [3.63, 3.8) is 0 Å². The minimum absolute atomic E-state index is 0.0492. The van der Waals surface area contributed by atoms with Crippen LogP contribution in [0.25, 0.3) is 10.9 Å². The zero-order valence-electron chi connectivity index (χ0n) is 19.9. The van der Waals surface area contributed by atoms with Gasteiger partial charge in [-0.3, -0.25) is 23.7 Å². The topological polar surface area (TPSA) is 128 Å². The molecule has 3 rings (SSSR count). The van der Waals surface area contributed by atoms with Gasteiger partial charge in [0, 0.05) is 12.5 Å². The van der Waals surface area contributed by atoms with E-state index >= 15 is 0 Å². The van der Waals surface area contributed by atoms with Crippen LogP contribution in [0.15, 0.2) is 53.6 Å². The molecular weight excluding hydrogens is 476 g/mol. The number of alkyl halides is 1. The van der Waals surface area contributed by atoms with E-state index < -0.39 is 48.3 Å². The average Bonchev–Trinajstić information content (AvgIpc) is 2.86. The molecule has 11 heteroatoms. The van der Waals surface area contributed by atoms with E-state index in [0.717, 1.165) is 10.9 Å². The van der Waals surface area contributed by atoms with Gasteiger partial charge in [-0.15, -0.1) is 0 Å². The third-order valence-corrected chi connectivity index (χ3v) is 4.88. The van der Waals surface area contributed by atoms with Crippen molar-refractivity contribution in [3.05, 3.63) is 65.0 Å². The molecule has 0 bridgehead atoms. The molecule has 3 aromatic rings. The number of Topliss-reactive ketones (excluding diaryl/α,β-unsaturated/α-hetero) is 1. The van der Waals surface area contributed by atoms with Gasteiger partial charge >= 0.3 is 5.97 Å². The van der Waals surface area contributed by atoms with Crippen molar-refractivity contribution in [2.75, 3.05) is 6.67 Å². The third-order valence-electron chi connectivity index (χ3n) is 4.88. The molecule has 0 spiro atoms. The molecule has 0 saturated carbocycles. The number of carbonyl (C=O) groups is 3. The van der Waals surface area contributed by atoms with Gasteiger partial charge in [-0.1, -0.05) is 19.9 Å². The number of nitrogens with one attached hydrogen (secondary N) is 1. The standard InChI is InChI=1S/C23H21F2N3O6.C2H6/c24-11-20(29)19(5-2-6-22(31)32)27-21(30)12-28-13-26-18-8-7-16(10-17(18)23(28)33)34-15-4-1-3-14(25)9-15;1-2/h1,3-4,7-10,13,19H,2,5-6,11-12H2,(H,27,30)(H,31,32);1-2H3. The number of ether oxygens (including phenoxy) is 1. The summed E-state index contributed by atoms with van der Waals surface area (Å²) >= 11 is 0. The minimum Gasteiger partial charge on any atom is -0.481 e. The van der Waals surface area contributed by atoms with Crippen LogP contribution in [-0.4, -0.2) is 45.0 Å². The lowest BCUT2D eigenvalue weighted by Crippen LogP contribution is -2.44. The molecule has 0 saturated heterocycles. The van der Waals surface area contributed by atoms with Crippen molar-refractivity contribution in [1.82, 2.24) is 14.9 Å². The van der Waals surface area contributed by atoms with Crippen molar-refractivity contribution < 1.29 is 33.0 Å². The maximum Gasteiger partial charge on any atom is 0.303 e. The van der Waals surface area contributed by atoms with Crippen molar-refractivity contribution in [2.24, 2.45) is 0 Å². The number of benzene rings is 2. The summed E-state index contributed by atoms with van der Waals surface area (Å²) in [5.41, 5.74) is -0.225. The summed E-state index contributed by atoms with van der Waals surface area (Å²) in [6, 6.07) is 8.76. The molecule has 1 amide bonds. The van der Waals surface area contributed by atoms with E-state index in [1.807, 2.05) is 13.8 Å². The van der Waals surface area contributed by atoms with E-state index in [0.29, 0.717) is 5.52 Å². The lowest BCUT2D eigenvalue weighted by Gasteiger charge is -2.16. The lowest BCUT2D eigenvalue weighted by molar-refractivity contribution is -0.137. The Morgan fingerprint density at radius 3 is 2.53 bits per heavy atom. The van der Waals surface area contributed by atoms with Gasteiger partial charge in [0.05, 0.1) is 23.3 Å². The van der Waals surface area contributed by atoms with E-state index in [4.69, 9.17) is 9.84 Å². The fourth-order valence-electron chi connectivity index (χ4n) is 3.24. The molecular formula is C25H27F2N3O6. The van der Waals surface area contributed by atoms with Crippen LogP contribution in [0.5, 0.6) is 11.5 Å². The summed E-state index contributed by atoms with van der Waals surface area (Å²) in [6.07, 6.45) is 0.942. The molecule has 1 atom stereocenters. The van der Waals surface area contributed by atoms with E-state index in [1.165, 1.54) is 30.3 Å². The number of carboxylic acid groups (broad SMARTS) is 1. The number of carbonyl (C=O) groups excluding carboxylic acids is 2. The molecule has 36 heavy (non-hydrogen) atoms. The Hall–Kier alpha value is -4.15. The Morgan fingerprint density at radius 2 is 1.86 bits per heavy atom. The Kier molecular flexibility index (Phi) is 10.7. The van der Waals surface area contributed by atoms with Crippen LogP contribution in [-0.2, 0) is 20.9 Å². The first kappa shape index (κ1) is 28.1. The molecule has 192 valence electrons. The van der Waals surface area contributed by atoms with Gasteiger partial charge in [0.15, 0.2) is 5.78 Å². The summed E-state index contributed by atoms with van der Waals surface area (Å²) in [5.74, 6) is -2.70. The summed E-state index contributed by atoms with van der Waals surface area (Å²) < 4.78 is 32.8. The van der Waals surface area contributed by atoms with Crippen LogP contribution >= 0.6 is 0 Å². The SMILES string of the molecule is CC.O=C(O)CCCC(NC(=O)Cn1cnc2ccc(Oc3cccc(F)c3)cc2c1=O)C(=O)CF. The van der Waals surface area contributed by atoms with E-state index in [1.54, 1.807) is 12.1 Å². The first-order valence-corrected chi connectivity index (χ1v) is 11.3. The van der Waals surface area contributed by atoms with Crippen LogP contribution in [0.3, 0.4) is 0 Å². The van der Waals surface area contributed by atoms with Gasteiger partial charge in [-0.25, -0.2) is 13.8 Å². The molecule has 2 N–H and O–H groups in total. The number of hydrogen-bond acceptors (Lipinski definition) is 6. The molecule has 1 unspecified atom stereocenters. The first-order valence-electron chi connectivity index (χ1n) is 11.3. The first-order chi connectivity index (χ1) is 17.3. The van der Waals surface area contributed by atoms with Gasteiger partial charge in [-0.05, 0) is 43.2 Å². The number of aromatic nitrogens is 2. The normalized spacial score (nSPS) is 11.2. The lowest BCUT2D eigenvalue weighted by atomic mass is 10.1. The highest BCUT2D eigenvalue weighted by Gasteiger charge is 2.21. The van der Waals surface area contributed by atoms with Crippen LogP contribution in [0.2, 0.25) is 0 Å². The fraction of sp³-hybridized carbons (Fsp3) is 0.320. The number of carboxylic acids is 1. The van der Waals surface area contributed by atoms with Crippen molar-refractivity contribution >= 4 is 28.6 Å². The van der Waals surface area contributed by atoms with Crippen LogP contribution in [0, 0.1) is 5.82 Å². The number of hydrogen-bond donors (Lipinski definition) is 2. The van der Waals surface area contributed by atoms with E-state index in [9.17, 15) is 28.0 Å². The summed E-state index contributed by atoms with van der Waals surface area (Å²) in [6.45, 7) is 2.19. The second kappa shape index (κ2) is 13.7. The smallest absolute Gasteiger partial charge is 0.303 e. The Bertz CT molecular complexity index is 1280. The number of halogens is 2. The zero-order valence-corrected chi connectivity index (χ0v) is 19.9. The Morgan fingerprint density at radius 1 is 1.14 bits per heavy atom. The highest BCUT2D eigenvalue weighted by Crippen LogP contribution is 2.24. The molecule has 1 heterocycles. The summed E-state index contributed by atoms with van der Waals surface area (Å²) in [5, 5.41) is 11.2. The largest absolute Gasteiger partial charge is 0.481 e. The van der Waals surface area contributed by atoms with Gasteiger partial charge in [0.25, 0.3) is 5.56 Å². The fourth-order valence-corrected chi connectivity index (χ4v) is 3.24. The number of ketones is 1. The average molecular weight is 504 g/mol. The quantitative estimate of drug-likeness (QED) is 0.409. The molecule has 0 fully saturated rings. The maximum atomic E-state index is 13.4. The molecule has 0 aliphatic rings. The van der Waals surface area contributed by atoms with Crippen molar-refractivity contribution in [3.8, 4) is 11.5 Å². The second-order valence-electron chi connectivity index (χ2n) is 7.42. The van der Waals surface area contributed by atoms with E-state index in [2.05, 4.69) is 10.3 Å². The monoisotopic (exact) mass is 503 g/mol. The molecule has 9 nitrogen and oxygen atoms in total. The predicted molar refractivity (Wildman–Crippen MR) is 128 cm³/mol. The Labute approximate surface area is 205 Å². The number of nitrogens with zero attached hydrogens (tertiary/aromatic N) is 2. The number of aliphatic carboxylic acids is 1. The van der Waals surface area contributed by atoms with E-state index in [-0.39, 0.29) is 36.1 Å². The van der Waals surface area contributed by atoms with Gasteiger partial charge < -0.3 is 15.2 Å². The number of rotatable bonds is 11. The van der Waals surface area contributed by atoms with Crippen LogP contribution in [0.4, 0.5) is 8.78 Å². The highest BCUT2D eigenvalue weighted by atomic mass is 19.1. The molecule has 1 aromatic heterocycles. The zero-order chi connectivity index (χ0) is 26.7. The molecule has 2 aromatic carbocycles. The van der Waals surface area contributed by atoms with Gasteiger partial charge in [0.2, 0.25) is 5.91 Å². The van der Waals surface area contributed by atoms with Crippen molar-refractivity contribution in [1.29, 1.82) is 0 Å².